The summed E-state index contributed by atoms with van der Waals surface area (Å²) in [5.74, 6) is -3.43. The number of aromatic carboxylic acids is 2. The van der Waals surface area contributed by atoms with Gasteiger partial charge in [-0.05, 0) is 17.7 Å². The third kappa shape index (κ3) is 8.45. The minimum absolute atomic E-state index is 0. The minimum atomic E-state index is -1.81. The zero-order valence-corrected chi connectivity index (χ0v) is 15.6. The number of nitro groups is 1. The molecule has 2 unspecified atom stereocenters. The summed E-state index contributed by atoms with van der Waals surface area (Å²) in [5.41, 5.74) is 12.6. The topological polar surface area (TPSA) is 231 Å². The Bertz CT molecular complexity index is 604. The van der Waals surface area contributed by atoms with Crippen LogP contribution in [-0.4, -0.2) is 39.9 Å². The average molecular weight is 550 g/mol. The monoisotopic (exact) mass is 550 g/mol. The summed E-state index contributed by atoms with van der Waals surface area (Å²) in [6.07, 6.45) is 4.25. The van der Waals surface area contributed by atoms with Crippen molar-refractivity contribution in [1.29, 1.82) is 0 Å². The Kier molecular flexibility index (Phi) is 14.8. The maximum Gasteiger partial charge on any atom is 4.00 e. The van der Waals surface area contributed by atoms with Crippen LogP contribution in [0.1, 0.15) is 46.4 Å². The van der Waals surface area contributed by atoms with Gasteiger partial charge in [0.1, 0.15) is 0 Å². The van der Waals surface area contributed by atoms with Crippen molar-refractivity contribution in [2.24, 2.45) is 0 Å². The van der Waals surface area contributed by atoms with Crippen LogP contribution in [-0.2, 0) is 21.1 Å². The van der Waals surface area contributed by atoms with Crippen LogP contribution >= 0.6 is 0 Å². The second-order valence-electron chi connectivity index (χ2n) is 5.06. The smallest absolute Gasteiger partial charge is 0.870 e. The van der Waals surface area contributed by atoms with Crippen molar-refractivity contribution in [3.8, 4) is 0 Å². The van der Waals surface area contributed by atoms with E-state index in [0.717, 1.165) is 25.0 Å². The maximum absolute atomic E-state index is 10.5. The molecule has 0 aliphatic heterocycles. The second kappa shape index (κ2) is 13.3. The normalized spacial score (nSPS) is 17.8. The Morgan fingerprint density at radius 3 is 1.77 bits per heavy atom. The fourth-order valence-corrected chi connectivity index (χ4v) is 2.12. The molecule has 1 aliphatic rings. The van der Waals surface area contributed by atoms with Gasteiger partial charge in [-0.1, -0.05) is 25.7 Å². The third-order valence-electron chi connectivity index (χ3n) is 3.41. The van der Waals surface area contributed by atoms with E-state index in [4.69, 9.17) is 11.5 Å². The van der Waals surface area contributed by atoms with Gasteiger partial charge in [0.05, 0.1) is 22.4 Å². The fourth-order valence-electron chi connectivity index (χ4n) is 2.12. The summed E-state index contributed by atoms with van der Waals surface area (Å²) in [5, 5.41) is 31.2. The molecule has 2 rings (SSSR count). The van der Waals surface area contributed by atoms with E-state index in [1.165, 1.54) is 12.8 Å². The quantitative estimate of drug-likeness (QED) is 0.376. The number of carboxylic acid groups (broad SMARTS) is 2. The van der Waals surface area contributed by atoms with Crippen LogP contribution in [0.5, 0.6) is 0 Å². The number of rotatable bonds is 3. The molecule has 1 saturated carbocycles. The molecule has 0 radical (unpaired) electrons. The summed E-state index contributed by atoms with van der Waals surface area (Å²) in [7, 11) is 0. The van der Waals surface area contributed by atoms with Crippen molar-refractivity contribution in [3.05, 3.63) is 50.9 Å². The van der Waals surface area contributed by atoms with E-state index in [1.54, 1.807) is 0 Å². The van der Waals surface area contributed by atoms with E-state index in [2.05, 4.69) is 0 Å². The van der Waals surface area contributed by atoms with Crippen molar-refractivity contribution in [2.45, 2.75) is 37.8 Å². The van der Waals surface area contributed by atoms with Crippen molar-refractivity contribution < 1.29 is 56.7 Å². The van der Waals surface area contributed by atoms with Gasteiger partial charge in [0.15, 0.2) is 0 Å². The van der Waals surface area contributed by atoms with Gasteiger partial charge in [-0.25, -0.2) is 0 Å². The fraction of sp³-hybridized carbons (Fsp3) is 0.429. The number of carbonyl (C=O) groups is 2. The number of benzene rings is 1. The second-order valence-corrected chi connectivity index (χ2v) is 5.06. The summed E-state index contributed by atoms with van der Waals surface area (Å²) < 4.78 is 0. The average Bonchev–Trinajstić information content (AvgIpc) is 2.50. The zero-order chi connectivity index (χ0) is 17.6. The van der Waals surface area contributed by atoms with Gasteiger partial charge >= 0.3 is 21.1 Å². The summed E-state index contributed by atoms with van der Waals surface area (Å²) >= 11 is 0. The molecule has 0 amide bonds. The third-order valence-corrected chi connectivity index (χ3v) is 3.41. The molecule has 26 heavy (non-hydrogen) atoms. The van der Waals surface area contributed by atoms with Gasteiger partial charge in [-0.2, -0.15) is 12.1 Å². The van der Waals surface area contributed by atoms with Crippen LogP contribution in [0.3, 0.4) is 0 Å². The van der Waals surface area contributed by atoms with Crippen molar-refractivity contribution in [2.75, 3.05) is 0 Å². The Labute approximate surface area is 163 Å². The Morgan fingerprint density at radius 1 is 1.00 bits per heavy atom. The van der Waals surface area contributed by atoms with Crippen LogP contribution in [0.4, 0.5) is 5.69 Å². The van der Waals surface area contributed by atoms with E-state index in [1.807, 2.05) is 0 Å². The molecule has 0 aromatic heterocycles. The largest absolute Gasteiger partial charge is 4.00 e. The van der Waals surface area contributed by atoms with Crippen LogP contribution in [0.15, 0.2) is 18.2 Å². The molecule has 4 N–H and O–H groups in total. The van der Waals surface area contributed by atoms with E-state index in [9.17, 15) is 29.9 Å². The first-order valence-corrected chi connectivity index (χ1v) is 6.87. The van der Waals surface area contributed by atoms with E-state index < -0.39 is 33.7 Å². The number of carboxylic acids is 2. The number of nitrogens with one attached hydrogen (secondary N) is 2. The summed E-state index contributed by atoms with van der Waals surface area (Å²) in [4.78, 5) is 30.3. The molecule has 2 atom stereocenters. The molecular formula is C14H17N3O8Pt-2. The predicted octanol–water partition coefficient (Wildman–Crippen LogP) is 0.368. The molecule has 11 nitrogen and oxygen atoms in total. The summed E-state index contributed by atoms with van der Waals surface area (Å²) in [6.45, 7) is 0. The van der Waals surface area contributed by atoms with Gasteiger partial charge in [-0.3, -0.25) is 10.1 Å². The molecule has 1 aromatic carbocycles. The van der Waals surface area contributed by atoms with Gasteiger partial charge in [-0.15, -0.1) is 0 Å². The molecule has 0 spiro atoms. The van der Waals surface area contributed by atoms with Crippen LogP contribution in [0, 0.1) is 10.1 Å². The Balaban J connectivity index is -0.000000416. The van der Waals surface area contributed by atoms with Gasteiger partial charge in [0.25, 0.3) is 5.69 Å². The molecule has 0 heterocycles. The molecule has 12 heteroatoms. The van der Waals surface area contributed by atoms with Crippen LogP contribution in [0.25, 0.3) is 11.5 Å². The number of carbonyl (C=O) groups excluding carboxylic acids is 2. The molecular weight excluding hydrogens is 533 g/mol. The van der Waals surface area contributed by atoms with Crippen molar-refractivity contribution in [1.82, 2.24) is 0 Å². The minimum Gasteiger partial charge on any atom is -0.870 e. The molecule has 1 aliphatic carbocycles. The van der Waals surface area contributed by atoms with E-state index in [0.29, 0.717) is 6.07 Å². The summed E-state index contributed by atoms with van der Waals surface area (Å²) in [6, 6.07) is 2.13. The first-order chi connectivity index (χ1) is 10.7. The first-order valence-electron chi connectivity index (χ1n) is 6.87. The van der Waals surface area contributed by atoms with Gasteiger partial charge in [0.2, 0.25) is 0 Å². The first kappa shape index (κ1) is 28.9. The SMILES string of the molecule is O=C([O-])c1ccc([N+](=O)[O-])c(C(=O)[O-])c1.[NH-]C1CCCCC1[NH-].[OH-].[OH-].[Pt+4]. The van der Waals surface area contributed by atoms with Crippen molar-refractivity contribution >= 4 is 17.6 Å². The molecule has 1 fully saturated rings. The van der Waals surface area contributed by atoms with E-state index in [-0.39, 0.29) is 44.1 Å². The number of nitro benzene ring substituents is 1. The Morgan fingerprint density at radius 2 is 1.46 bits per heavy atom. The van der Waals surface area contributed by atoms with Gasteiger partial charge in [0, 0.05) is 6.07 Å². The van der Waals surface area contributed by atoms with Crippen LogP contribution < -0.4 is 10.2 Å². The van der Waals surface area contributed by atoms with E-state index >= 15 is 0 Å². The Hall–Kier alpha value is -1.91. The zero-order valence-electron chi connectivity index (χ0n) is 13.3. The van der Waals surface area contributed by atoms with Crippen molar-refractivity contribution in [3.63, 3.8) is 0 Å². The molecule has 0 bridgehead atoms. The molecule has 148 valence electrons. The molecule has 1 aromatic rings. The van der Waals surface area contributed by atoms with Gasteiger partial charge < -0.3 is 42.2 Å². The number of hydrogen-bond donors (Lipinski definition) is 0. The predicted molar refractivity (Wildman–Crippen MR) is 80.3 cm³/mol. The standard InChI is InChI=1S/C8H5NO6.C6H12N2.2H2O.Pt/c10-7(11)4-1-2-6(9(14)15)5(3-4)8(12)13;7-5-3-1-2-4-6(5)8;;;/h1-3H,(H,10,11)(H,12,13);5-8H,1-4H2;2*1H2;/q;-2;;;+4/p-4. The maximum atomic E-state index is 10.5. The molecule has 0 saturated heterocycles. The van der Waals surface area contributed by atoms with Crippen LogP contribution in [0.2, 0.25) is 0 Å². The number of hydrogen-bond acceptors (Lipinski definition) is 8. The number of nitrogens with zero attached hydrogens (tertiary/aromatic N) is 1.